The third kappa shape index (κ3) is 5.66. The number of carbonyl (C=O) groups excluding carboxylic acids is 2. The fourth-order valence-electron chi connectivity index (χ4n) is 1.70. The van der Waals surface area contributed by atoms with Crippen LogP contribution in [0.2, 0.25) is 0 Å². The third-order valence-electron chi connectivity index (χ3n) is 2.86. The number of rotatable bonds is 2. The van der Waals surface area contributed by atoms with Crippen molar-refractivity contribution in [3.8, 4) is 11.8 Å². The molecule has 1 aromatic carbocycles. The molecule has 0 aliphatic rings. The highest BCUT2D eigenvalue weighted by Gasteiger charge is 2.32. The lowest BCUT2D eigenvalue weighted by Gasteiger charge is -2.07. The monoisotopic (exact) mass is 347 g/mol. The summed E-state index contributed by atoms with van der Waals surface area (Å²) in [6.07, 6.45) is -3.75. The van der Waals surface area contributed by atoms with E-state index in [9.17, 15) is 22.8 Å². The number of carbonyl (C=O) groups is 2. The number of alkyl halides is 3. The van der Waals surface area contributed by atoms with Gasteiger partial charge in [-0.2, -0.15) is 13.2 Å². The minimum Gasteiger partial charge on any atom is -0.337 e. The highest BCUT2D eigenvalue weighted by molar-refractivity contribution is 6.39. The number of halogens is 3. The first-order valence-corrected chi connectivity index (χ1v) is 7.02. The van der Waals surface area contributed by atoms with Crippen molar-refractivity contribution in [1.29, 1.82) is 0 Å². The Labute approximate surface area is 141 Å². The molecule has 0 atom stereocenters. The normalized spacial score (nSPS) is 10.4. The molecule has 0 saturated carbocycles. The number of amides is 2. The van der Waals surface area contributed by atoms with Crippen LogP contribution in [0.25, 0.3) is 0 Å². The van der Waals surface area contributed by atoms with E-state index in [2.05, 4.69) is 27.5 Å². The van der Waals surface area contributed by atoms with Gasteiger partial charge >= 0.3 is 18.0 Å². The van der Waals surface area contributed by atoms with Gasteiger partial charge in [0.2, 0.25) is 0 Å². The molecule has 0 unspecified atom stereocenters. The largest absolute Gasteiger partial charge is 0.433 e. The molecule has 0 aliphatic heterocycles. The Kier molecular flexibility index (Phi) is 5.74. The number of benzene rings is 1. The summed E-state index contributed by atoms with van der Waals surface area (Å²) in [7, 11) is 0. The van der Waals surface area contributed by atoms with Crippen molar-refractivity contribution in [3.05, 3.63) is 59.9 Å². The van der Waals surface area contributed by atoms with Gasteiger partial charge < -0.3 is 10.6 Å². The molecule has 25 heavy (non-hydrogen) atoms. The summed E-state index contributed by atoms with van der Waals surface area (Å²) in [6.45, 7) is -0.0492. The Morgan fingerprint density at radius 1 is 1.04 bits per heavy atom. The molecule has 2 aromatic rings. The van der Waals surface area contributed by atoms with E-state index in [1.54, 1.807) is 12.1 Å². The first-order chi connectivity index (χ1) is 11.9. The van der Waals surface area contributed by atoms with Gasteiger partial charge in [0.15, 0.2) is 0 Å². The molecule has 0 bridgehead atoms. The van der Waals surface area contributed by atoms with Crippen LogP contribution >= 0.6 is 0 Å². The highest BCUT2D eigenvalue weighted by atomic mass is 19.4. The van der Waals surface area contributed by atoms with E-state index in [1.807, 2.05) is 18.2 Å². The van der Waals surface area contributed by atoms with Crippen molar-refractivity contribution in [2.75, 3.05) is 11.9 Å². The van der Waals surface area contributed by atoms with E-state index in [4.69, 9.17) is 0 Å². The van der Waals surface area contributed by atoms with Crippen LogP contribution in [0.4, 0.5) is 18.9 Å². The molecular weight excluding hydrogens is 335 g/mol. The van der Waals surface area contributed by atoms with Gasteiger partial charge in [0.1, 0.15) is 5.69 Å². The molecule has 5 nitrogen and oxygen atoms in total. The number of hydrogen-bond acceptors (Lipinski definition) is 3. The molecule has 2 rings (SSSR count). The zero-order valence-corrected chi connectivity index (χ0v) is 12.7. The van der Waals surface area contributed by atoms with Crippen LogP contribution in [-0.4, -0.2) is 23.3 Å². The SMILES string of the molecule is O=C(NCC#Cc1ccccc1)C(=O)Nc1ccc(C(F)(F)F)nc1. The zero-order chi connectivity index (χ0) is 18.3. The maximum atomic E-state index is 12.4. The minimum absolute atomic E-state index is 0.0245. The fraction of sp³-hybridized carbons (Fsp3) is 0.118. The average molecular weight is 347 g/mol. The van der Waals surface area contributed by atoms with Gasteiger partial charge in [-0.3, -0.25) is 9.59 Å². The molecule has 2 amide bonds. The zero-order valence-electron chi connectivity index (χ0n) is 12.7. The van der Waals surface area contributed by atoms with Crippen molar-refractivity contribution in [2.24, 2.45) is 0 Å². The molecule has 0 saturated heterocycles. The van der Waals surface area contributed by atoms with Crippen molar-refractivity contribution in [1.82, 2.24) is 10.3 Å². The Bertz CT molecular complexity index is 807. The maximum absolute atomic E-state index is 12.4. The third-order valence-corrected chi connectivity index (χ3v) is 2.86. The fourth-order valence-corrected chi connectivity index (χ4v) is 1.70. The molecule has 0 aliphatic carbocycles. The van der Waals surface area contributed by atoms with Gasteiger partial charge in [-0.25, -0.2) is 4.98 Å². The molecule has 128 valence electrons. The topological polar surface area (TPSA) is 71.1 Å². The van der Waals surface area contributed by atoms with Crippen molar-refractivity contribution in [2.45, 2.75) is 6.18 Å². The smallest absolute Gasteiger partial charge is 0.337 e. The van der Waals surface area contributed by atoms with Crippen LogP contribution in [0, 0.1) is 11.8 Å². The van der Waals surface area contributed by atoms with E-state index >= 15 is 0 Å². The summed E-state index contributed by atoms with van der Waals surface area (Å²) < 4.78 is 37.1. The summed E-state index contributed by atoms with van der Waals surface area (Å²) in [5.41, 5.74) is -0.355. The van der Waals surface area contributed by atoms with Gasteiger partial charge in [0.25, 0.3) is 0 Å². The van der Waals surface area contributed by atoms with Crippen LogP contribution in [0.3, 0.4) is 0 Å². The van der Waals surface area contributed by atoms with E-state index in [1.165, 1.54) is 0 Å². The van der Waals surface area contributed by atoms with Crippen LogP contribution in [0.15, 0.2) is 48.7 Å². The number of anilines is 1. The molecule has 0 fully saturated rings. The highest BCUT2D eigenvalue weighted by Crippen LogP contribution is 2.27. The Morgan fingerprint density at radius 2 is 1.76 bits per heavy atom. The van der Waals surface area contributed by atoms with Gasteiger partial charge in [-0.1, -0.05) is 30.0 Å². The van der Waals surface area contributed by atoms with Crippen molar-refractivity contribution < 1.29 is 22.8 Å². The lowest BCUT2D eigenvalue weighted by atomic mass is 10.2. The molecule has 2 N–H and O–H groups in total. The quantitative estimate of drug-likeness (QED) is 0.646. The van der Waals surface area contributed by atoms with Crippen molar-refractivity contribution in [3.63, 3.8) is 0 Å². The van der Waals surface area contributed by atoms with Gasteiger partial charge in [0, 0.05) is 5.56 Å². The lowest BCUT2D eigenvalue weighted by Crippen LogP contribution is -2.35. The Hall–Kier alpha value is -3.34. The van der Waals surface area contributed by atoms with Crippen LogP contribution in [-0.2, 0) is 15.8 Å². The summed E-state index contributed by atoms with van der Waals surface area (Å²) >= 11 is 0. The predicted octanol–water partition coefficient (Wildman–Crippen LogP) is 2.21. The second kappa shape index (κ2) is 7.97. The lowest BCUT2D eigenvalue weighted by molar-refractivity contribution is -0.141. The number of nitrogens with one attached hydrogen (secondary N) is 2. The number of pyridine rings is 1. The van der Waals surface area contributed by atoms with E-state index in [0.717, 1.165) is 17.8 Å². The minimum atomic E-state index is -4.57. The summed E-state index contributed by atoms with van der Waals surface area (Å²) in [6, 6.07) is 10.8. The van der Waals surface area contributed by atoms with Gasteiger partial charge in [-0.15, -0.1) is 0 Å². The summed E-state index contributed by atoms with van der Waals surface area (Å²) in [4.78, 5) is 26.4. The summed E-state index contributed by atoms with van der Waals surface area (Å²) in [5.74, 6) is 3.49. The van der Waals surface area contributed by atoms with Crippen LogP contribution < -0.4 is 10.6 Å². The second-order valence-electron chi connectivity index (χ2n) is 4.73. The molecule has 1 aromatic heterocycles. The van der Waals surface area contributed by atoms with Crippen molar-refractivity contribution >= 4 is 17.5 Å². The number of hydrogen-bond donors (Lipinski definition) is 2. The molecular formula is C17H12F3N3O2. The Balaban J connectivity index is 1.84. The van der Waals surface area contributed by atoms with E-state index < -0.39 is 23.7 Å². The summed E-state index contributed by atoms with van der Waals surface area (Å²) in [5, 5.41) is 4.43. The van der Waals surface area contributed by atoms with Gasteiger partial charge in [-0.05, 0) is 24.3 Å². The average Bonchev–Trinajstić information content (AvgIpc) is 2.59. The number of aromatic nitrogens is 1. The van der Waals surface area contributed by atoms with E-state index in [0.29, 0.717) is 6.07 Å². The first kappa shape index (κ1) is 18.0. The molecule has 1 heterocycles. The molecule has 0 radical (unpaired) electrons. The van der Waals surface area contributed by atoms with Crippen LogP contribution in [0.5, 0.6) is 0 Å². The Morgan fingerprint density at radius 3 is 2.36 bits per heavy atom. The van der Waals surface area contributed by atoms with Crippen LogP contribution in [0.1, 0.15) is 11.3 Å². The standard InChI is InChI=1S/C17H12F3N3O2/c18-17(19,20)14-9-8-13(11-22-14)23-16(25)15(24)21-10-4-7-12-5-2-1-3-6-12/h1-3,5-6,8-9,11H,10H2,(H,21,24)(H,23,25). The molecule has 0 spiro atoms. The van der Waals surface area contributed by atoms with E-state index in [-0.39, 0.29) is 12.2 Å². The predicted molar refractivity (Wildman–Crippen MR) is 84.2 cm³/mol. The number of nitrogens with zero attached hydrogens (tertiary/aromatic N) is 1. The maximum Gasteiger partial charge on any atom is 0.433 e. The molecule has 8 heteroatoms. The van der Waals surface area contributed by atoms with Gasteiger partial charge in [0.05, 0.1) is 18.4 Å². The first-order valence-electron chi connectivity index (χ1n) is 7.02. The second-order valence-corrected chi connectivity index (χ2v) is 4.73.